The van der Waals surface area contributed by atoms with Gasteiger partial charge >= 0.3 is 5.97 Å². The highest BCUT2D eigenvalue weighted by molar-refractivity contribution is 5.97. The van der Waals surface area contributed by atoms with E-state index in [-0.39, 0.29) is 18.9 Å². The Morgan fingerprint density at radius 1 is 1.00 bits per heavy atom. The third-order valence-corrected chi connectivity index (χ3v) is 4.62. The fourth-order valence-electron chi connectivity index (χ4n) is 3.27. The zero-order valence-corrected chi connectivity index (χ0v) is 16.2. The van der Waals surface area contributed by atoms with Crippen molar-refractivity contribution in [2.75, 3.05) is 39.4 Å². The monoisotopic (exact) mass is 385 g/mol. The third-order valence-electron chi connectivity index (χ3n) is 4.62. The molecule has 1 aliphatic rings. The average molecular weight is 385 g/mol. The van der Waals surface area contributed by atoms with Crippen LogP contribution < -0.4 is 19.1 Å². The van der Waals surface area contributed by atoms with Crippen molar-refractivity contribution in [2.24, 2.45) is 0 Å². The predicted molar refractivity (Wildman–Crippen MR) is 103 cm³/mol. The second-order valence-electron chi connectivity index (χ2n) is 6.30. The Kier molecular flexibility index (Phi) is 6.03. The second kappa shape index (κ2) is 8.65. The molecule has 0 spiro atoms. The molecule has 0 aliphatic carbocycles. The van der Waals surface area contributed by atoms with Crippen molar-refractivity contribution in [1.29, 1.82) is 0 Å². The minimum Gasteiger partial charge on any atom is -0.493 e. The number of nitrogens with zero attached hydrogens (tertiary/aromatic N) is 1. The van der Waals surface area contributed by atoms with Crippen LogP contribution in [0.2, 0.25) is 0 Å². The molecule has 2 aromatic carbocycles. The highest BCUT2D eigenvalue weighted by Gasteiger charge is 2.25. The summed E-state index contributed by atoms with van der Waals surface area (Å²) >= 11 is 0. The smallest absolute Gasteiger partial charge is 0.310 e. The molecule has 7 nitrogen and oxygen atoms in total. The highest BCUT2D eigenvalue weighted by atomic mass is 16.5. The quantitative estimate of drug-likeness (QED) is 0.682. The second-order valence-corrected chi connectivity index (χ2v) is 6.30. The fourth-order valence-corrected chi connectivity index (χ4v) is 3.27. The number of hydrogen-bond acceptors (Lipinski definition) is 6. The predicted octanol–water partition coefficient (Wildman–Crippen LogP) is 2.39. The zero-order chi connectivity index (χ0) is 20.1. The molecular formula is C21H23NO6. The summed E-state index contributed by atoms with van der Waals surface area (Å²) < 4.78 is 21.0. The van der Waals surface area contributed by atoms with Gasteiger partial charge in [-0.1, -0.05) is 18.2 Å². The van der Waals surface area contributed by atoms with E-state index in [4.69, 9.17) is 18.9 Å². The number of methoxy groups -OCH3 is 3. The van der Waals surface area contributed by atoms with E-state index in [2.05, 4.69) is 0 Å². The SMILES string of the molecule is COc1cc(CC(=O)OCC(=O)N2CCc3ccccc32)cc(OC)c1OC. The van der Waals surface area contributed by atoms with Crippen LogP contribution in [-0.4, -0.2) is 46.4 Å². The minimum absolute atomic E-state index is 0.0133. The van der Waals surface area contributed by atoms with Crippen LogP contribution in [0.5, 0.6) is 17.2 Å². The molecule has 1 aliphatic heterocycles. The summed E-state index contributed by atoms with van der Waals surface area (Å²) in [5, 5.41) is 0. The summed E-state index contributed by atoms with van der Waals surface area (Å²) in [6, 6.07) is 11.1. The van der Waals surface area contributed by atoms with E-state index in [1.54, 1.807) is 17.0 Å². The summed E-state index contributed by atoms with van der Waals surface area (Å²) in [5.74, 6) is 0.618. The molecule has 0 unspecified atom stereocenters. The lowest BCUT2D eigenvalue weighted by Gasteiger charge is -2.17. The molecule has 148 valence electrons. The Morgan fingerprint density at radius 3 is 2.32 bits per heavy atom. The first kappa shape index (κ1) is 19.5. The number of esters is 1. The lowest BCUT2D eigenvalue weighted by molar-refractivity contribution is -0.147. The Bertz CT molecular complexity index is 854. The Labute approximate surface area is 163 Å². The first-order valence-corrected chi connectivity index (χ1v) is 8.90. The van der Waals surface area contributed by atoms with Crippen molar-refractivity contribution in [3.63, 3.8) is 0 Å². The maximum absolute atomic E-state index is 12.4. The number of fused-ring (bicyclic) bond motifs is 1. The molecule has 0 atom stereocenters. The van der Waals surface area contributed by atoms with Crippen LogP contribution in [0.25, 0.3) is 0 Å². The van der Waals surface area contributed by atoms with Gasteiger partial charge in [0.25, 0.3) is 5.91 Å². The molecular weight excluding hydrogens is 362 g/mol. The van der Waals surface area contributed by atoms with E-state index in [0.717, 1.165) is 17.7 Å². The van der Waals surface area contributed by atoms with E-state index >= 15 is 0 Å². The van der Waals surface area contributed by atoms with Crippen LogP contribution in [0.15, 0.2) is 36.4 Å². The molecule has 0 bridgehead atoms. The number of hydrogen-bond donors (Lipinski definition) is 0. The lowest BCUT2D eigenvalue weighted by Crippen LogP contribution is -2.33. The summed E-state index contributed by atoms with van der Waals surface area (Å²) in [6.07, 6.45) is 0.794. The van der Waals surface area contributed by atoms with Crippen molar-refractivity contribution in [3.05, 3.63) is 47.5 Å². The lowest BCUT2D eigenvalue weighted by atomic mass is 10.1. The highest BCUT2D eigenvalue weighted by Crippen LogP contribution is 2.38. The van der Waals surface area contributed by atoms with Crippen LogP contribution in [0.3, 0.4) is 0 Å². The molecule has 0 saturated heterocycles. The van der Waals surface area contributed by atoms with Gasteiger partial charge in [-0.25, -0.2) is 0 Å². The van der Waals surface area contributed by atoms with Crippen molar-refractivity contribution >= 4 is 17.6 Å². The topological polar surface area (TPSA) is 74.3 Å². The number of carbonyl (C=O) groups excluding carboxylic acids is 2. The molecule has 28 heavy (non-hydrogen) atoms. The minimum atomic E-state index is -0.505. The number of anilines is 1. The van der Waals surface area contributed by atoms with Crippen molar-refractivity contribution < 1.29 is 28.5 Å². The molecule has 0 N–H and O–H groups in total. The number of rotatable bonds is 7. The molecule has 1 heterocycles. The first-order chi connectivity index (χ1) is 13.6. The van der Waals surface area contributed by atoms with Gasteiger partial charge in [-0.15, -0.1) is 0 Å². The van der Waals surface area contributed by atoms with Gasteiger partial charge in [-0.2, -0.15) is 0 Å². The number of amides is 1. The van der Waals surface area contributed by atoms with Crippen LogP contribution >= 0.6 is 0 Å². The molecule has 0 radical (unpaired) electrons. The molecule has 7 heteroatoms. The number of benzene rings is 2. The number of para-hydroxylation sites is 1. The fraction of sp³-hybridized carbons (Fsp3) is 0.333. The van der Waals surface area contributed by atoms with E-state index in [0.29, 0.717) is 29.4 Å². The van der Waals surface area contributed by atoms with Gasteiger partial charge in [0.2, 0.25) is 5.75 Å². The first-order valence-electron chi connectivity index (χ1n) is 8.90. The maximum Gasteiger partial charge on any atom is 0.310 e. The number of carbonyl (C=O) groups is 2. The van der Waals surface area contributed by atoms with Gasteiger partial charge in [-0.05, 0) is 35.7 Å². The van der Waals surface area contributed by atoms with Crippen LogP contribution in [-0.2, 0) is 27.2 Å². The Morgan fingerprint density at radius 2 is 1.68 bits per heavy atom. The summed E-state index contributed by atoms with van der Waals surface area (Å²) in [6.45, 7) is 0.306. The molecule has 0 saturated carbocycles. The Hall–Kier alpha value is -3.22. The van der Waals surface area contributed by atoms with Crippen molar-refractivity contribution in [1.82, 2.24) is 0 Å². The van der Waals surface area contributed by atoms with Gasteiger partial charge in [0.15, 0.2) is 18.1 Å². The Balaban J connectivity index is 1.61. The van der Waals surface area contributed by atoms with E-state index in [1.165, 1.54) is 21.3 Å². The summed E-state index contributed by atoms with van der Waals surface area (Å²) in [7, 11) is 4.52. The van der Waals surface area contributed by atoms with E-state index < -0.39 is 5.97 Å². The van der Waals surface area contributed by atoms with Gasteiger partial charge in [0.05, 0.1) is 27.8 Å². The molecule has 3 rings (SSSR count). The van der Waals surface area contributed by atoms with E-state index in [9.17, 15) is 9.59 Å². The molecule has 1 amide bonds. The standard InChI is InChI=1S/C21H23NO6/c1-25-17-10-14(11-18(26-2)21(17)27-3)12-20(24)28-13-19(23)22-9-8-15-6-4-5-7-16(15)22/h4-7,10-11H,8-9,12-13H2,1-3H3. The zero-order valence-electron chi connectivity index (χ0n) is 16.2. The number of ether oxygens (including phenoxy) is 4. The van der Waals surface area contributed by atoms with Gasteiger partial charge < -0.3 is 23.8 Å². The van der Waals surface area contributed by atoms with E-state index in [1.807, 2.05) is 24.3 Å². The largest absolute Gasteiger partial charge is 0.493 e. The average Bonchev–Trinajstić information content (AvgIpc) is 3.15. The summed E-state index contributed by atoms with van der Waals surface area (Å²) in [4.78, 5) is 26.3. The molecule has 2 aromatic rings. The van der Waals surface area contributed by atoms with Gasteiger partial charge in [0, 0.05) is 12.2 Å². The normalized spacial score (nSPS) is 12.3. The van der Waals surface area contributed by atoms with Gasteiger partial charge in [0.1, 0.15) is 0 Å². The summed E-state index contributed by atoms with van der Waals surface area (Å²) in [5.41, 5.74) is 2.64. The van der Waals surface area contributed by atoms with Crippen LogP contribution in [0.1, 0.15) is 11.1 Å². The van der Waals surface area contributed by atoms with Gasteiger partial charge in [-0.3, -0.25) is 9.59 Å². The van der Waals surface area contributed by atoms with Crippen molar-refractivity contribution in [2.45, 2.75) is 12.8 Å². The van der Waals surface area contributed by atoms with Crippen LogP contribution in [0.4, 0.5) is 5.69 Å². The third kappa shape index (κ3) is 4.03. The molecule has 0 fully saturated rings. The van der Waals surface area contributed by atoms with Crippen molar-refractivity contribution in [3.8, 4) is 17.2 Å². The maximum atomic E-state index is 12.4. The molecule has 0 aromatic heterocycles. The van der Waals surface area contributed by atoms with Crippen LogP contribution in [0, 0.1) is 0 Å².